The molecule has 2 rings (SSSR count). The predicted molar refractivity (Wildman–Crippen MR) is 89.9 cm³/mol. The number of carboxylic acids is 1. The van der Waals surface area contributed by atoms with Crippen molar-refractivity contribution in [2.45, 2.75) is 45.1 Å². The molecule has 1 aliphatic rings. The van der Waals surface area contributed by atoms with Gasteiger partial charge in [-0.15, -0.1) is 0 Å². The Labute approximate surface area is 146 Å². The fourth-order valence-electron chi connectivity index (χ4n) is 2.80. The topological polar surface area (TPSA) is 84.9 Å². The van der Waals surface area contributed by atoms with Crippen LogP contribution >= 0.6 is 11.6 Å². The summed E-state index contributed by atoms with van der Waals surface area (Å²) in [5.41, 5.74) is -0.0428. The van der Waals surface area contributed by atoms with E-state index in [-0.39, 0.29) is 18.7 Å². The summed E-state index contributed by atoms with van der Waals surface area (Å²) in [6.45, 7) is 4.62. The summed E-state index contributed by atoms with van der Waals surface area (Å²) in [6, 6.07) is 3.40. The highest BCUT2D eigenvalue weighted by Crippen LogP contribution is 2.38. The van der Waals surface area contributed by atoms with Crippen LogP contribution in [0.15, 0.2) is 12.1 Å². The number of nitrogens with one attached hydrogen (secondary N) is 1. The molecule has 0 unspecified atom stereocenters. The molecule has 0 aromatic heterocycles. The Morgan fingerprint density at radius 2 is 1.92 bits per heavy atom. The second-order valence-electron chi connectivity index (χ2n) is 5.88. The Balaban J connectivity index is 2.11. The highest BCUT2D eigenvalue weighted by Gasteiger charge is 2.31. The largest absolute Gasteiger partial charge is 0.486 e. The Hall–Kier alpha value is -1.95. The molecular formula is C17H22ClNO5. The van der Waals surface area contributed by atoms with E-state index in [9.17, 15) is 9.59 Å². The average molecular weight is 356 g/mol. The number of amides is 1. The quantitative estimate of drug-likeness (QED) is 0.785. The second-order valence-corrected chi connectivity index (χ2v) is 6.29. The molecule has 0 atom stereocenters. The first-order chi connectivity index (χ1) is 11.4. The average Bonchev–Trinajstić information content (AvgIpc) is 2.53. The van der Waals surface area contributed by atoms with Gasteiger partial charge in [0.15, 0.2) is 11.5 Å². The van der Waals surface area contributed by atoms with Gasteiger partial charge in [0.25, 0.3) is 0 Å². The van der Waals surface area contributed by atoms with Gasteiger partial charge in [-0.25, -0.2) is 0 Å². The molecule has 132 valence electrons. The first-order valence-corrected chi connectivity index (χ1v) is 8.37. The van der Waals surface area contributed by atoms with Gasteiger partial charge in [-0.05, 0) is 30.5 Å². The SMILES string of the molecule is CCC(CC)(CC(=O)O)NC(=O)Cc1cc(Cl)c2c(c1)OCCO2. The van der Waals surface area contributed by atoms with Gasteiger partial charge in [-0.1, -0.05) is 25.4 Å². The molecule has 1 aromatic rings. The maximum Gasteiger partial charge on any atom is 0.305 e. The third kappa shape index (κ3) is 4.32. The zero-order chi connectivity index (χ0) is 17.7. The number of carboxylic acid groups (broad SMARTS) is 1. The van der Waals surface area contributed by atoms with Crippen LogP contribution in [0.5, 0.6) is 11.5 Å². The lowest BCUT2D eigenvalue weighted by atomic mass is 9.88. The standard InChI is InChI=1S/C17H22ClNO5/c1-3-17(4-2,10-15(21)22)19-14(20)9-11-7-12(18)16-13(8-11)23-5-6-24-16/h7-8H,3-6,9-10H2,1-2H3,(H,19,20)(H,21,22). The van der Waals surface area contributed by atoms with E-state index >= 15 is 0 Å². The van der Waals surface area contributed by atoms with Crippen molar-refractivity contribution in [3.63, 3.8) is 0 Å². The van der Waals surface area contributed by atoms with Crippen molar-refractivity contribution in [3.8, 4) is 11.5 Å². The molecule has 1 aromatic carbocycles. The Morgan fingerprint density at radius 1 is 1.25 bits per heavy atom. The summed E-state index contributed by atoms with van der Waals surface area (Å²) in [5, 5.41) is 12.4. The van der Waals surface area contributed by atoms with Gasteiger partial charge < -0.3 is 19.9 Å². The van der Waals surface area contributed by atoms with Gasteiger partial charge in [0.05, 0.1) is 17.9 Å². The number of hydrogen-bond donors (Lipinski definition) is 2. The van der Waals surface area contributed by atoms with E-state index in [1.54, 1.807) is 12.1 Å². The van der Waals surface area contributed by atoms with E-state index in [1.807, 2.05) is 13.8 Å². The summed E-state index contributed by atoms with van der Waals surface area (Å²) < 4.78 is 11.0. The zero-order valence-electron chi connectivity index (χ0n) is 13.9. The molecule has 7 heteroatoms. The van der Waals surface area contributed by atoms with Crippen molar-refractivity contribution in [3.05, 3.63) is 22.7 Å². The third-order valence-electron chi connectivity index (χ3n) is 4.27. The van der Waals surface area contributed by atoms with Crippen LogP contribution in [0.4, 0.5) is 0 Å². The molecule has 0 radical (unpaired) electrons. The highest BCUT2D eigenvalue weighted by molar-refractivity contribution is 6.32. The summed E-state index contributed by atoms with van der Waals surface area (Å²) in [4.78, 5) is 23.5. The Kier molecular flexibility index (Phi) is 5.94. The number of carbonyl (C=O) groups is 2. The van der Waals surface area contributed by atoms with Crippen molar-refractivity contribution in [1.29, 1.82) is 0 Å². The van der Waals surface area contributed by atoms with E-state index in [0.717, 1.165) is 0 Å². The fraction of sp³-hybridized carbons (Fsp3) is 0.529. The summed E-state index contributed by atoms with van der Waals surface area (Å²) in [5.74, 6) is -0.150. The third-order valence-corrected chi connectivity index (χ3v) is 4.55. The minimum absolute atomic E-state index is 0.0950. The van der Waals surface area contributed by atoms with Crippen LogP contribution in [0.3, 0.4) is 0 Å². The van der Waals surface area contributed by atoms with Gasteiger partial charge in [0.1, 0.15) is 13.2 Å². The number of ether oxygens (including phenoxy) is 2. The van der Waals surface area contributed by atoms with E-state index in [1.165, 1.54) is 0 Å². The number of aliphatic carboxylic acids is 1. The second kappa shape index (κ2) is 7.75. The van der Waals surface area contributed by atoms with Crippen molar-refractivity contribution < 1.29 is 24.2 Å². The molecule has 0 saturated carbocycles. The number of hydrogen-bond acceptors (Lipinski definition) is 4. The Morgan fingerprint density at radius 3 is 2.54 bits per heavy atom. The van der Waals surface area contributed by atoms with Crippen LogP contribution in [0.25, 0.3) is 0 Å². The number of halogens is 1. The normalized spacial score (nSPS) is 13.5. The minimum Gasteiger partial charge on any atom is -0.486 e. The lowest BCUT2D eigenvalue weighted by Crippen LogP contribution is -2.49. The lowest BCUT2D eigenvalue weighted by Gasteiger charge is -2.31. The van der Waals surface area contributed by atoms with E-state index in [0.29, 0.717) is 48.1 Å². The van der Waals surface area contributed by atoms with E-state index < -0.39 is 11.5 Å². The van der Waals surface area contributed by atoms with E-state index in [4.69, 9.17) is 26.2 Å². The Bertz CT molecular complexity index is 628. The molecule has 0 spiro atoms. The number of rotatable bonds is 7. The summed E-state index contributed by atoms with van der Waals surface area (Å²) >= 11 is 6.17. The van der Waals surface area contributed by atoms with E-state index in [2.05, 4.69) is 5.32 Å². The van der Waals surface area contributed by atoms with Crippen LogP contribution in [0.1, 0.15) is 38.7 Å². The van der Waals surface area contributed by atoms with Gasteiger partial charge in [0.2, 0.25) is 5.91 Å². The number of carbonyl (C=O) groups excluding carboxylic acids is 1. The number of fused-ring (bicyclic) bond motifs is 1. The lowest BCUT2D eigenvalue weighted by molar-refractivity contribution is -0.139. The molecule has 2 N–H and O–H groups in total. The van der Waals surface area contributed by atoms with Crippen molar-refractivity contribution in [2.24, 2.45) is 0 Å². The molecule has 1 heterocycles. The van der Waals surface area contributed by atoms with Crippen molar-refractivity contribution >= 4 is 23.5 Å². The highest BCUT2D eigenvalue weighted by atomic mass is 35.5. The molecule has 0 fully saturated rings. The summed E-state index contributed by atoms with van der Waals surface area (Å²) in [7, 11) is 0. The van der Waals surface area contributed by atoms with Gasteiger partial charge >= 0.3 is 5.97 Å². The van der Waals surface area contributed by atoms with Gasteiger partial charge in [-0.2, -0.15) is 0 Å². The molecule has 1 aliphatic heterocycles. The van der Waals surface area contributed by atoms with Crippen LogP contribution < -0.4 is 14.8 Å². The molecule has 0 aliphatic carbocycles. The molecule has 0 saturated heterocycles. The monoisotopic (exact) mass is 355 g/mol. The van der Waals surface area contributed by atoms with Crippen LogP contribution in [0, 0.1) is 0 Å². The maximum absolute atomic E-state index is 12.4. The molecule has 24 heavy (non-hydrogen) atoms. The molecule has 1 amide bonds. The van der Waals surface area contributed by atoms with Crippen LogP contribution in [0.2, 0.25) is 5.02 Å². The first kappa shape index (κ1) is 18.4. The van der Waals surface area contributed by atoms with Gasteiger partial charge in [-0.3, -0.25) is 9.59 Å². The number of benzene rings is 1. The maximum atomic E-state index is 12.4. The predicted octanol–water partition coefficient (Wildman–Crippen LogP) is 2.80. The molecular weight excluding hydrogens is 334 g/mol. The van der Waals surface area contributed by atoms with Gasteiger partial charge in [0, 0.05) is 5.54 Å². The smallest absolute Gasteiger partial charge is 0.305 e. The van der Waals surface area contributed by atoms with Crippen LogP contribution in [-0.4, -0.2) is 35.7 Å². The van der Waals surface area contributed by atoms with Crippen molar-refractivity contribution in [2.75, 3.05) is 13.2 Å². The first-order valence-electron chi connectivity index (χ1n) is 8.00. The molecule has 0 bridgehead atoms. The minimum atomic E-state index is -0.929. The summed E-state index contributed by atoms with van der Waals surface area (Å²) in [6.07, 6.45) is 1.08. The fourth-order valence-corrected chi connectivity index (χ4v) is 3.09. The zero-order valence-corrected chi connectivity index (χ0v) is 14.6. The van der Waals surface area contributed by atoms with Crippen molar-refractivity contribution in [1.82, 2.24) is 5.32 Å². The van der Waals surface area contributed by atoms with Crippen LogP contribution in [-0.2, 0) is 16.0 Å². The molecule has 6 nitrogen and oxygen atoms in total.